The highest BCUT2D eigenvalue weighted by molar-refractivity contribution is 6.12. The molecule has 3 aromatic heterocycles. The molecule has 0 spiro atoms. The van der Waals surface area contributed by atoms with Crippen molar-refractivity contribution in [3.63, 3.8) is 0 Å². The van der Waals surface area contributed by atoms with Gasteiger partial charge in [0.1, 0.15) is 22.3 Å². The quantitative estimate of drug-likeness (QED) is 0.188. The molecule has 0 fully saturated rings. The second-order valence-corrected chi connectivity index (χ2v) is 12.5. The number of para-hydroxylation sites is 4. The highest BCUT2D eigenvalue weighted by Crippen LogP contribution is 2.43. The third kappa shape index (κ3) is 4.61. The Morgan fingerprint density at radius 3 is 1.54 bits per heavy atom. The number of fused-ring (bicyclic) bond motifs is 6. The summed E-state index contributed by atoms with van der Waals surface area (Å²) in [5.74, 6) is 0.666. The molecule has 0 aliphatic heterocycles. The normalized spacial score (nSPS) is 11.6. The molecule has 0 bridgehead atoms. The van der Waals surface area contributed by atoms with Gasteiger partial charge in [0.25, 0.3) is 0 Å². The number of aromatic nitrogens is 2. The maximum Gasteiger partial charge on any atom is 0.160 e. The maximum atomic E-state index is 6.57. The zero-order chi connectivity index (χ0) is 33.0. The van der Waals surface area contributed by atoms with Crippen molar-refractivity contribution in [1.29, 1.82) is 0 Å². The van der Waals surface area contributed by atoms with Crippen molar-refractivity contribution < 1.29 is 8.83 Å². The van der Waals surface area contributed by atoms with Crippen molar-refractivity contribution >= 4 is 43.9 Å². The van der Waals surface area contributed by atoms with Gasteiger partial charge in [0, 0.05) is 49.4 Å². The lowest BCUT2D eigenvalue weighted by Gasteiger charge is -2.15. The Kier molecular flexibility index (Phi) is 6.46. The van der Waals surface area contributed by atoms with Gasteiger partial charge in [0.2, 0.25) is 0 Å². The molecule has 0 aliphatic rings. The summed E-state index contributed by atoms with van der Waals surface area (Å²) in [5.41, 5.74) is 12.2. The van der Waals surface area contributed by atoms with E-state index in [1.165, 1.54) is 0 Å². The van der Waals surface area contributed by atoms with Crippen LogP contribution in [0.3, 0.4) is 0 Å². The molecule has 0 saturated heterocycles. The number of nitrogens with zero attached hydrogens (tertiary/aromatic N) is 2. The van der Waals surface area contributed by atoms with Gasteiger partial charge in [-0.05, 0) is 35.4 Å². The van der Waals surface area contributed by atoms with Crippen LogP contribution in [0.5, 0.6) is 0 Å². The van der Waals surface area contributed by atoms with E-state index in [4.69, 9.17) is 18.8 Å². The fourth-order valence-electron chi connectivity index (χ4n) is 7.15. The van der Waals surface area contributed by atoms with Gasteiger partial charge in [-0.3, -0.25) is 0 Å². The number of benzene rings is 7. The molecule has 4 heteroatoms. The van der Waals surface area contributed by atoms with Crippen LogP contribution in [0, 0.1) is 0 Å². The third-order valence-corrected chi connectivity index (χ3v) is 9.53. The van der Waals surface area contributed by atoms with Gasteiger partial charge in [-0.15, -0.1) is 0 Å². The van der Waals surface area contributed by atoms with E-state index < -0.39 is 0 Å². The molecule has 10 aromatic rings. The Bertz CT molecular complexity index is 2810. The van der Waals surface area contributed by atoms with E-state index in [2.05, 4.69) is 109 Å². The average Bonchev–Trinajstić information content (AvgIpc) is 3.77. The van der Waals surface area contributed by atoms with Crippen LogP contribution in [0.4, 0.5) is 0 Å². The van der Waals surface area contributed by atoms with E-state index in [0.717, 1.165) is 94.2 Å². The monoisotopic (exact) mass is 640 g/mol. The highest BCUT2D eigenvalue weighted by Gasteiger charge is 2.20. The molecule has 0 radical (unpaired) electrons. The molecule has 0 aliphatic carbocycles. The van der Waals surface area contributed by atoms with Crippen LogP contribution >= 0.6 is 0 Å². The molecule has 0 amide bonds. The molecule has 7 aromatic carbocycles. The van der Waals surface area contributed by atoms with Crippen LogP contribution < -0.4 is 0 Å². The van der Waals surface area contributed by atoms with Gasteiger partial charge in [0.15, 0.2) is 5.82 Å². The van der Waals surface area contributed by atoms with Crippen molar-refractivity contribution in [2.24, 2.45) is 0 Å². The minimum absolute atomic E-state index is 0.666. The lowest BCUT2D eigenvalue weighted by molar-refractivity contribution is 0.669. The molecule has 234 valence electrons. The Balaban J connectivity index is 1.27. The molecular weight excluding hydrogens is 613 g/mol. The Morgan fingerprint density at radius 2 is 0.860 bits per heavy atom. The Labute approximate surface area is 287 Å². The molecule has 10 rings (SSSR count). The second kappa shape index (κ2) is 11.4. The van der Waals surface area contributed by atoms with E-state index in [-0.39, 0.29) is 0 Å². The van der Waals surface area contributed by atoms with E-state index in [9.17, 15) is 0 Å². The number of rotatable bonds is 5. The molecule has 0 N–H and O–H groups in total. The fourth-order valence-corrected chi connectivity index (χ4v) is 7.15. The van der Waals surface area contributed by atoms with Crippen LogP contribution in [0.15, 0.2) is 179 Å². The SMILES string of the molecule is c1ccc(-c2cc(-c3cc(-c4cccc5c4oc4ccccc45)ccc3-c3cccc4c3oc3ccccc34)nc(-c3ccccc3)n2)cc1. The van der Waals surface area contributed by atoms with Gasteiger partial charge in [-0.2, -0.15) is 0 Å². The Morgan fingerprint density at radius 1 is 0.320 bits per heavy atom. The topological polar surface area (TPSA) is 52.1 Å². The summed E-state index contributed by atoms with van der Waals surface area (Å²) in [7, 11) is 0. The van der Waals surface area contributed by atoms with E-state index in [1.807, 2.05) is 60.7 Å². The lowest BCUT2D eigenvalue weighted by atomic mass is 9.91. The molecule has 0 atom stereocenters. The van der Waals surface area contributed by atoms with Crippen LogP contribution in [0.1, 0.15) is 0 Å². The first-order chi connectivity index (χ1) is 24.8. The average molecular weight is 641 g/mol. The summed E-state index contributed by atoms with van der Waals surface area (Å²) >= 11 is 0. The predicted molar refractivity (Wildman–Crippen MR) is 204 cm³/mol. The summed E-state index contributed by atoms with van der Waals surface area (Å²) in [6.45, 7) is 0. The molecule has 50 heavy (non-hydrogen) atoms. The predicted octanol–water partition coefficient (Wildman–Crippen LogP) is 12.6. The fraction of sp³-hybridized carbons (Fsp3) is 0. The first-order valence-corrected chi connectivity index (χ1v) is 16.7. The smallest absolute Gasteiger partial charge is 0.160 e. The lowest BCUT2D eigenvalue weighted by Crippen LogP contribution is -1.97. The largest absolute Gasteiger partial charge is 0.455 e. The standard InChI is InChI=1S/C46H28N2O2/c1-3-13-29(14-4-1)40-28-41(48-46(47-40)30-15-5-2-6-16-30)39-27-31(32-19-11-21-37-34-17-7-9-23-42(34)49-44(32)37)25-26-33(39)36-20-12-22-38-35-18-8-10-24-43(35)50-45(36)38/h1-28H. The third-order valence-electron chi connectivity index (χ3n) is 9.53. The van der Waals surface area contributed by atoms with E-state index >= 15 is 0 Å². The van der Waals surface area contributed by atoms with Crippen molar-refractivity contribution in [1.82, 2.24) is 9.97 Å². The van der Waals surface area contributed by atoms with Gasteiger partial charge in [-0.25, -0.2) is 9.97 Å². The van der Waals surface area contributed by atoms with Crippen molar-refractivity contribution in [2.45, 2.75) is 0 Å². The molecule has 0 unspecified atom stereocenters. The molecule has 3 heterocycles. The van der Waals surface area contributed by atoms with Gasteiger partial charge in [0.05, 0.1) is 11.4 Å². The summed E-state index contributed by atoms with van der Waals surface area (Å²) in [6, 6.07) is 58.4. The van der Waals surface area contributed by atoms with Crippen LogP contribution in [-0.4, -0.2) is 9.97 Å². The van der Waals surface area contributed by atoms with Crippen LogP contribution in [0.2, 0.25) is 0 Å². The summed E-state index contributed by atoms with van der Waals surface area (Å²) in [6.07, 6.45) is 0. The molecule has 4 nitrogen and oxygen atoms in total. The van der Waals surface area contributed by atoms with Gasteiger partial charge < -0.3 is 8.83 Å². The van der Waals surface area contributed by atoms with E-state index in [1.54, 1.807) is 0 Å². The van der Waals surface area contributed by atoms with Gasteiger partial charge in [-0.1, -0.05) is 146 Å². The minimum atomic E-state index is 0.666. The van der Waals surface area contributed by atoms with Crippen LogP contribution in [0.25, 0.3) is 100 Å². The van der Waals surface area contributed by atoms with Crippen molar-refractivity contribution in [3.05, 3.63) is 170 Å². The highest BCUT2D eigenvalue weighted by atomic mass is 16.3. The second-order valence-electron chi connectivity index (χ2n) is 12.5. The molecular formula is C46H28N2O2. The van der Waals surface area contributed by atoms with Gasteiger partial charge >= 0.3 is 0 Å². The first kappa shape index (κ1) is 28.3. The number of hydrogen-bond acceptors (Lipinski definition) is 4. The van der Waals surface area contributed by atoms with Crippen LogP contribution in [-0.2, 0) is 0 Å². The first-order valence-electron chi connectivity index (χ1n) is 16.7. The zero-order valence-corrected chi connectivity index (χ0v) is 26.9. The maximum absolute atomic E-state index is 6.57. The molecule has 0 saturated carbocycles. The summed E-state index contributed by atoms with van der Waals surface area (Å²) in [5, 5.41) is 4.38. The Hall–Kier alpha value is -6.78. The number of furan rings is 2. The minimum Gasteiger partial charge on any atom is -0.455 e. The summed E-state index contributed by atoms with van der Waals surface area (Å²) in [4.78, 5) is 10.4. The van der Waals surface area contributed by atoms with Crippen molar-refractivity contribution in [2.75, 3.05) is 0 Å². The van der Waals surface area contributed by atoms with E-state index in [0.29, 0.717) is 5.82 Å². The van der Waals surface area contributed by atoms with Crippen molar-refractivity contribution in [3.8, 4) is 56.2 Å². The summed E-state index contributed by atoms with van der Waals surface area (Å²) < 4.78 is 13.1. The number of hydrogen-bond donors (Lipinski definition) is 0. The zero-order valence-electron chi connectivity index (χ0n) is 26.9.